The van der Waals surface area contributed by atoms with Gasteiger partial charge in [0.1, 0.15) is 0 Å². The first-order valence-corrected chi connectivity index (χ1v) is 11.3. The molecule has 0 atom stereocenters. The third kappa shape index (κ3) is 6.29. The lowest BCUT2D eigenvalue weighted by Crippen LogP contribution is -2.26. The summed E-state index contributed by atoms with van der Waals surface area (Å²) in [5.41, 5.74) is 2.22. The SMILES string of the molecule is CN(C(=O)c1cccc(/C=C/C(=O)Nc2ccccc2-c2ccccn2)c1)c1cccc(C(F)(F)F)c1. The molecule has 0 aliphatic carbocycles. The summed E-state index contributed by atoms with van der Waals surface area (Å²) in [6.45, 7) is 0. The number of halogens is 3. The highest BCUT2D eigenvalue weighted by molar-refractivity contribution is 6.07. The average Bonchev–Trinajstić information content (AvgIpc) is 2.91. The average molecular weight is 502 g/mol. The Bertz CT molecular complexity index is 1450. The summed E-state index contributed by atoms with van der Waals surface area (Å²) in [5.74, 6) is -0.857. The van der Waals surface area contributed by atoms with Crippen LogP contribution in [0, 0.1) is 0 Å². The molecule has 0 radical (unpaired) electrons. The number of nitrogens with one attached hydrogen (secondary N) is 1. The Hall–Kier alpha value is -4.72. The van der Waals surface area contributed by atoms with Gasteiger partial charge in [-0.15, -0.1) is 0 Å². The molecule has 0 aliphatic heterocycles. The van der Waals surface area contributed by atoms with Crippen molar-refractivity contribution in [3.8, 4) is 11.3 Å². The predicted octanol–water partition coefficient (Wildman–Crippen LogP) is 6.70. The minimum atomic E-state index is -4.51. The molecule has 0 fully saturated rings. The van der Waals surface area contributed by atoms with Crippen LogP contribution in [-0.4, -0.2) is 23.8 Å². The summed E-state index contributed by atoms with van der Waals surface area (Å²) in [7, 11) is 1.41. The maximum absolute atomic E-state index is 13.1. The van der Waals surface area contributed by atoms with Gasteiger partial charge in [-0.1, -0.05) is 42.5 Å². The van der Waals surface area contributed by atoms with Gasteiger partial charge in [0.25, 0.3) is 5.91 Å². The minimum Gasteiger partial charge on any atom is -0.322 e. The number of amides is 2. The van der Waals surface area contributed by atoms with E-state index in [9.17, 15) is 22.8 Å². The van der Waals surface area contributed by atoms with E-state index >= 15 is 0 Å². The topological polar surface area (TPSA) is 62.3 Å². The first-order valence-electron chi connectivity index (χ1n) is 11.3. The molecule has 1 heterocycles. The molecule has 0 spiro atoms. The maximum Gasteiger partial charge on any atom is 0.416 e. The first-order chi connectivity index (χ1) is 17.7. The van der Waals surface area contributed by atoms with Gasteiger partial charge in [-0.2, -0.15) is 13.2 Å². The van der Waals surface area contributed by atoms with Crippen molar-refractivity contribution in [2.24, 2.45) is 0 Å². The molecule has 0 unspecified atom stereocenters. The van der Waals surface area contributed by atoms with E-state index in [1.165, 1.54) is 25.3 Å². The number of alkyl halides is 3. The van der Waals surface area contributed by atoms with Crippen molar-refractivity contribution in [3.63, 3.8) is 0 Å². The Labute approximate surface area is 211 Å². The molecule has 5 nitrogen and oxygen atoms in total. The summed E-state index contributed by atoms with van der Waals surface area (Å²) < 4.78 is 39.2. The molecule has 1 aromatic heterocycles. The molecule has 0 saturated carbocycles. The van der Waals surface area contributed by atoms with Crippen LogP contribution in [0.1, 0.15) is 21.5 Å². The van der Waals surface area contributed by atoms with Gasteiger partial charge in [0.05, 0.1) is 16.9 Å². The van der Waals surface area contributed by atoms with Crippen molar-refractivity contribution < 1.29 is 22.8 Å². The van der Waals surface area contributed by atoms with Crippen molar-refractivity contribution in [3.05, 3.63) is 120 Å². The fourth-order valence-electron chi connectivity index (χ4n) is 3.66. The number of carbonyl (C=O) groups is 2. The molecule has 186 valence electrons. The van der Waals surface area contributed by atoms with Gasteiger partial charge in [-0.3, -0.25) is 14.6 Å². The van der Waals surface area contributed by atoms with Crippen LogP contribution in [0.25, 0.3) is 17.3 Å². The van der Waals surface area contributed by atoms with Crippen molar-refractivity contribution >= 4 is 29.3 Å². The smallest absolute Gasteiger partial charge is 0.322 e. The fraction of sp³-hybridized carbons (Fsp3) is 0.0690. The standard InChI is InChI=1S/C29H22F3N3O2/c1-35(23-11-7-10-22(19-23)29(30,31)32)28(37)21-9-6-8-20(18-21)15-16-27(36)34-26-14-3-2-12-24(26)25-13-4-5-17-33-25/h2-19H,1H3,(H,34,36)/b16-15+. The van der Waals surface area contributed by atoms with Gasteiger partial charge in [0.15, 0.2) is 0 Å². The van der Waals surface area contributed by atoms with E-state index in [2.05, 4.69) is 10.3 Å². The monoisotopic (exact) mass is 501 g/mol. The fourth-order valence-corrected chi connectivity index (χ4v) is 3.66. The second-order valence-corrected chi connectivity index (χ2v) is 8.12. The number of benzene rings is 3. The van der Waals surface area contributed by atoms with Gasteiger partial charge in [0, 0.05) is 36.1 Å². The third-order valence-electron chi connectivity index (χ3n) is 5.55. The van der Waals surface area contributed by atoms with E-state index < -0.39 is 17.6 Å². The number of pyridine rings is 1. The van der Waals surface area contributed by atoms with Crippen LogP contribution >= 0.6 is 0 Å². The lowest BCUT2D eigenvalue weighted by molar-refractivity contribution is -0.137. The first kappa shape index (κ1) is 25.4. The molecule has 0 bridgehead atoms. The van der Waals surface area contributed by atoms with Crippen LogP contribution in [0.2, 0.25) is 0 Å². The van der Waals surface area contributed by atoms with E-state index in [4.69, 9.17) is 0 Å². The van der Waals surface area contributed by atoms with Crippen LogP contribution in [0.15, 0.2) is 103 Å². The maximum atomic E-state index is 13.1. The number of hydrogen-bond acceptors (Lipinski definition) is 3. The van der Waals surface area contributed by atoms with Gasteiger partial charge in [-0.25, -0.2) is 0 Å². The lowest BCUT2D eigenvalue weighted by atomic mass is 10.1. The van der Waals surface area contributed by atoms with Gasteiger partial charge in [-0.05, 0) is 60.2 Å². The Morgan fingerprint density at radius 3 is 2.41 bits per heavy atom. The summed E-state index contributed by atoms with van der Waals surface area (Å²) in [5, 5.41) is 2.84. The Kier molecular flexibility index (Phi) is 7.48. The lowest BCUT2D eigenvalue weighted by Gasteiger charge is -2.19. The Morgan fingerprint density at radius 2 is 1.65 bits per heavy atom. The number of hydrogen-bond donors (Lipinski definition) is 1. The molecule has 0 aliphatic rings. The summed E-state index contributed by atoms with van der Waals surface area (Å²) in [6, 6.07) is 23.9. The normalized spacial score (nSPS) is 11.4. The molecule has 0 saturated heterocycles. The zero-order valence-corrected chi connectivity index (χ0v) is 19.7. The molecule has 4 rings (SSSR count). The quantitative estimate of drug-likeness (QED) is 0.299. The summed E-state index contributed by atoms with van der Waals surface area (Å²) >= 11 is 0. The van der Waals surface area contributed by atoms with E-state index in [1.807, 2.05) is 36.4 Å². The predicted molar refractivity (Wildman–Crippen MR) is 138 cm³/mol. The Morgan fingerprint density at radius 1 is 0.892 bits per heavy atom. The highest BCUT2D eigenvalue weighted by Gasteiger charge is 2.31. The van der Waals surface area contributed by atoms with E-state index in [-0.39, 0.29) is 17.2 Å². The van der Waals surface area contributed by atoms with Crippen molar-refractivity contribution in [1.29, 1.82) is 0 Å². The molecular formula is C29H22F3N3O2. The summed E-state index contributed by atoms with van der Waals surface area (Å²) in [4.78, 5) is 31.0. The summed E-state index contributed by atoms with van der Waals surface area (Å²) in [6.07, 6.45) is 0.0605. The molecule has 1 N–H and O–H groups in total. The van der Waals surface area contributed by atoms with E-state index in [0.717, 1.165) is 28.3 Å². The number of carbonyl (C=O) groups excluding carboxylic acids is 2. The van der Waals surface area contributed by atoms with E-state index in [1.54, 1.807) is 42.6 Å². The van der Waals surface area contributed by atoms with Crippen molar-refractivity contribution in [1.82, 2.24) is 4.98 Å². The molecular weight excluding hydrogens is 479 g/mol. The number of rotatable bonds is 6. The van der Waals surface area contributed by atoms with Crippen LogP contribution in [-0.2, 0) is 11.0 Å². The van der Waals surface area contributed by atoms with Crippen LogP contribution in [0.3, 0.4) is 0 Å². The van der Waals surface area contributed by atoms with Crippen LogP contribution in [0.5, 0.6) is 0 Å². The minimum absolute atomic E-state index is 0.117. The highest BCUT2D eigenvalue weighted by atomic mass is 19.4. The highest BCUT2D eigenvalue weighted by Crippen LogP contribution is 2.32. The number of para-hydroxylation sites is 1. The van der Waals surface area contributed by atoms with Gasteiger partial charge in [0.2, 0.25) is 5.91 Å². The number of anilines is 2. The second-order valence-electron chi connectivity index (χ2n) is 8.12. The van der Waals surface area contributed by atoms with Gasteiger partial charge >= 0.3 is 6.18 Å². The number of aromatic nitrogens is 1. The molecule has 3 aromatic carbocycles. The molecule has 2 amide bonds. The van der Waals surface area contributed by atoms with Crippen molar-refractivity contribution in [2.75, 3.05) is 17.3 Å². The number of nitrogens with zero attached hydrogens (tertiary/aromatic N) is 2. The molecule has 8 heteroatoms. The van der Waals surface area contributed by atoms with Crippen molar-refractivity contribution in [2.45, 2.75) is 6.18 Å². The Balaban J connectivity index is 1.48. The second kappa shape index (κ2) is 10.9. The van der Waals surface area contributed by atoms with Crippen LogP contribution in [0.4, 0.5) is 24.5 Å². The third-order valence-corrected chi connectivity index (χ3v) is 5.55. The van der Waals surface area contributed by atoms with Gasteiger partial charge < -0.3 is 10.2 Å². The van der Waals surface area contributed by atoms with Crippen LogP contribution < -0.4 is 10.2 Å². The zero-order valence-electron chi connectivity index (χ0n) is 19.7. The van der Waals surface area contributed by atoms with E-state index in [0.29, 0.717) is 11.3 Å². The molecule has 4 aromatic rings. The zero-order chi connectivity index (χ0) is 26.4. The molecule has 37 heavy (non-hydrogen) atoms. The largest absolute Gasteiger partial charge is 0.416 e.